The monoisotopic (exact) mass is 432 g/mol. The highest BCUT2D eigenvalue weighted by molar-refractivity contribution is 5.15. The van der Waals surface area contributed by atoms with Gasteiger partial charge in [0.05, 0.1) is 6.42 Å². The van der Waals surface area contributed by atoms with Crippen LogP contribution in [0.1, 0.15) is 6.42 Å². The Hall–Kier alpha value is -1.16. The molecule has 1 nitrogen and oxygen atoms in total. The van der Waals surface area contributed by atoms with E-state index >= 15 is 0 Å². The second kappa shape index (κ2) is 6.19. The van der Waals surface area contributed by atoms with Crippen LogP contribution in [0.2, 0.25) is 0 Å². The van der Waals surface area contributed by atoms with Gasteiger partial charge in [0, 0.05) is 0 Å². The number of hydrogen-bond acceptors (Lipinski definition) is 1. The van der Waals surface area contributed by atoms with Gasteiger partial charge in [-0.3, -0.25) is 0 Å². The highest BCUT2D eigenvalue weighted by Gasteiger charge is 2.89. The maximum absolute atomic E-state index is 13.4. The summed E-state index contributed by atoms with van der Waals surface area (Å²) >= 11 is 0. The number of rotatable bonds is 6. The molecule has 0 aliphatic heterocycles. The quantitative estimate of drug-likeness (QED) is 0.584. The Kier molecular flexibility index (Phi) is 5.91. The minimum Gasteiger partial charge on any atom is -0.377 e. The average Bonchev–Trinajstić information content (AvgIpc) is 2.33. The Morgan fingerprint density at radius 3 is 1.15 bits per heavy atom. The molecule has 0 bridgehead atoms. The Balaban J connectivity index is 6.82. The second-order valence-electron chi connectivity index (χ2n) is 4.80. The van der Waals surface area contributed by atoms with Crippen LogP contribution in [0.15, 0.2) is 0 Å². The van der Waals surface area contributed by atoms with Gasteiger partial charge in [-0.15, -0.1) is 0 Å². The number of halogens is 16. The fraction of sp³-hybridized carbons (Fsp3) is 1.00. The normalized spacial score (nSPS) is 18.2. The first-order valence-electron chi connectivity index (χ1n) is 5.55. The van der Waals surface area contributed by atoms with E-state index in [1.807, 2.05) is 0 Å². The van der Waals surface area contributed by atoms with Gasteiger partial charge in [-0.2, -0.15) is 61.5 Å². The molecule has 0 radical (unpaired) electrons. The largest absolute Gasteiger partial charge is 0.456 e. The van der Waals surface area contributed by atoms with Crippen molar-refractivity contribution in [2.45, 2.75) is 54.5 Å². The van der Waals surface area contributed by atoms with E-state index in [1.165, 1.54) is 0 Å². The lowest BCUT2D eigenvalue weighted by atomic mass is 9.79. The number of alkyl halides is 16. The van der Waals surface area contributed by atoms with Crippen LogP contribution in [0.5, 0.6) is 0 Å². The molecule has 0 aliphatic carbocycles. The number of hydrogen-bond donors (Lipinski definition) is 1. The average molecular weight is 432 g/mol. The molecule has 0 aromatic rings. The zero-order valence-electron chi connectivity index (χ0n) is 11.3. The highest BCUT2D eigenvalue weighted by atomic mass is 19.4. The molecular weight excluding hydrogens is 428 g/mol. The zero-order chi connectivity index (χ0) is 21.8. The first-order chi connectivity index (χ1) is 10.9. The third-order valence-electron chi connectivity index (χ3n) is 2.94. The van der Waals surface area contributed by atoms with Crippen LogP contribution in [0.3, 0.4) is 0 Å². The van der Waals surface area contributed by atoms with Gasteiger partial charge >= 0.3 is 42.5 Å². The third-order valence-corrected chi connectivity index (χ3v) is 2.94. The van der Waals surface area contributed by atoms with Crippen LogP contribution < -0.4 is 0 Å². The molecule has 0 fully saturated rings. The van der Waals surface area contributed by atoms with Gasteiger partial charge in [0.2, 0.25) is 5.60 Å². The van der Waals surface area contributed by atoms with Crippen molar-refractivity contribution < 1.29 is 75.4 Å². The second-order valence-corrected chi connectivity index (χ2v) is 4.80. The predicted molar refractivity (Wildman–Crippen MR) is 47.5 cm³/mol. The van der Waals surface area contributed by atoms with Crippen LogP contribution in [0, 0.1) is 0 Å². The first-order valence-corrected chi connectivity index (χ1v) is 5.55. The Morgan fingerprint density at radius 2 is 0.923 bits per heavy atom. The minimum atomic E-state index is -8.03. The van der Waals surface area contributed by atoms with Crippen molar-refractivity contribution in [1.82, 2.24) is 0 Å². The molecule has 0 saturated heterocycles. The lowest BCUT2D eigenvalue weighted by Gasteiger charge is -2.45. The lowest BCUT2D eigenvalue weighted by molar-refractivity contribution is -0.441. The molecule has 0 saturated carbocycles. The number of aliphatic hydroxyl groups is 1. The van der Waals surface area contributed by atoms with Crippen LogP contribution in [0.4, 0.5) is 70.2 Å². The molecule has 0 amide bonds. The summed E-state index contributed by atoms with van der Waals surface area (Å²) < 4.78 is 200. The van der Waals surface area contributed by atoms with Gasteiger partial charge in [-0.25, -0.2) is 8.78 Å². The van der Waals surface area contributed by atoms with Crippen molar-refractivity contribution in [1.29, 1.82) is 0 Å². The van der Waals surface area contributed by atoms with E-state index in [-0.39, 0.29) is 0 Å². The van der Waals surface area contributed by atoms with E-state index in [4.69, 9.17) is 5.11 Å². The van der Waals surface area contributed by atoms with Gasteiger partial charge in [0.15, 0.2) is 0 Å². The fourth-order valence-corrected chi connectivity index (χ4v) is 1.55. The van der Waals surface area contributed by atoms with Crippen molar-refractivity contribution in [3.63, 3.8) is 0 Å². The molecule has 0 rings (SSSR count). The van der Waals surface area contributed by atoms with Crippen molar-refractivity contribution in [3.05, 3.63) is 0 Å². The third kappa shape index (κ3) is 3.49. The lowest BCUT2D eigenvalue weighted by Crippen LogP contribution is -2.75. The first kappa shape index (κ1) is 24.8. The molecule has 158 valence electrons. The zero-order valence-corrected chi connectivity index (χ0v) is 11.3. The minimum absolute atomic E-state index is 4.49. The summed E-state index contributed by atoms with van der Waals surface area (Å²) in [5.74, 6) is -31.2. The Morgan fingerprint density at radius 1 is 0.577 bits per heavy atom. The maximum Gasteiger partial charge on any atom is 0.456 e. The standard InChI is InChI=1S/C9H4F16O/c10-2(11)5(15,16)8(21,22)6(17,18)3(26,1-4(12,13)14)7(19,20)9(23,24)25/h2,26H,1H2. The maximum atomic E-state index is 13.4. The predicted octanol–water partition coefficient (Wildman–Crippen LogP) is 5.04. The van der Waals surface area contributed by atoms with E-state index in [0.717, 1.165) is 0 Å². The van der Waals surface area contributed by atoms with E-state index in [2.05, 4.69) is 0 Å². The van der Waals surface area contributed by atoms with Crippen molar-refractivity contribution in [2.24, 2.45) is 0 Å². The summed E-state index contributed by atoms with van der Waals surface area (Å²) in [5.41, 5.74) is -7.29. The summed E-state index contributed by atoms with van der Waals surface area (Å²) in [6.07, 6.45) is -24.6. The summed E-state index contributed by atoms with van der Waals surface area (Å²) in [4.78, 5) is 0. The molecule has 0 heterocycles. The van der Waals surface area contributed by atoms with Crippen molar-refractivity contribution in [3.8, 4) is 0 Å². The molecule has 0 aliphatic rings. The van der Waals surface area contributed by atoms with Gasteiger partial charge in [0.1, 0.15) is 0 Å². The summed E-state index contributed by atoms with van der Waals surface area (Å²) in [7, 11) is 0. The SMILES string of the molecule is OC(CC(F)(F)F)(C(F)(F)C(F)(F)F)C(F)(F)C(F)(F)C(F)(F)C(F)F. The molecule has 1 atom stereocenters. The smallest absolute Gasteiger partial charge is 0.377 e. The van der Waals surface area contributed by atoms with Gasteiger partial charge in [0.25, 0.3) is 0 Å². The highest BCUT2D eigenvalue weighted by Crippen LogP contribution is 2.61. The fourth-order valence-electron chi connectivity index (χ4n) is 1.55. The molecule has 0 aromatic heterocycles. The summed E-state index contributed by atoms with van der Waals surface area (Å²) in [5, 5.41) is 8.62. The van der Waals surface area contributed by atoms with Gasteiger partial charge < -0.3 is 5.11 Å². The van der Waals surface area contributed by atoms with E-state index in [9.17, 15) is 70.2 Å². The van der Waals surface area contributed by atoms with E-state index in [1.54, 1.807) is 0 Å². The molecular formula is C9H4F16O. The van der Waals surface area contributed by atoms with Crippen LogP contribution in [-0.4, -0.2) is 53.2 Å². The van der Waals surface area contributed by atoms with Gasteiger partial charge in [-0.1, -0.05) is 0 Å². The summed E-state index contributed by atoms with van der Waals surface area (Å²) in [6.45, 7) is 0. The topological polar surface area (TPSA) is 20.2 Å². The van der Waals surface area contributed by atoms with E-state index < -0.39 is 54.5 Å². The molecule has 1 N–H and O–H groups in total. The van der Waals surface area contributed by atoms with Crippen molar-refractivity contribution >= 4 is 0 Å². The van der Waals surface area contributed by atoms with Crippen LogP contribution >= 0.6 is 0 Å². The molecule has 0 spiro atoms. The molecule has 26 heavy (non-hydrogen) atoms. The molecule has 0 aromatic carbocycles. The Labute approximate surface area is 131 Å². The van der Waals surface area contributed by atoms with Crippen molar-refractivity contribution in [2.75, 3.05) is 0 Å². The van der Waals surface area contributed by atoms with Crippen LogP contribution in [0.25, 0.3) is 0 Å². The summed E-state index contributed by atoms with van der Waals surface area (Å²) in [6, 6.07) is 0. The van der Waals surface area contributed by atoms with Crippen LogP contribution in [-0.2, 0) is 0 Å². The molecule has 1 unspecified atom stereocenters. The molecule has 17 heteroatoms. The van der Waals surface area contributed by atoms with E-state index in [0.29, 0.717) is 0 Å². The van der Waals surface area contributed by atoms with Gasteiger partial charge in [-0.05, 0) is 0 Å². The Bertz CT molecular complexity index is 501.